The molecule has 0 bridgehead atoms. The van der Waals surface area contributed by atoms with Gasteiger partial charge in [-0.15, -0.1) is 11.8 Å². The molecule has 2 aliphatic heterocycles. The fraction of sp³-hybridized carbons (Fsp3) is 0.500. The third kappa shape index (κ3) is 2.06. The minimum Gasteiger partial charge on any atom is -0.352 e. The molecule has 4 rings (SSSR count). The fourth-order valence-corrected chi connectivity index (χ4v) is 5.07. The average Bonchev–Trinajstić information content (AvgIpc) is 3.19. The van der Waals surface area contributed by atoms with Gasteiger partial charge in [0.1, 0.15) is 11.4 Å². The molecule has 0 unspecified atom stereocenters. The first kappa shape index (κ1) is 13.2. The van der Waals surface area contributed by atoms with Crippen LogP contribution in [-0.4, -0.2) is 34.6 Å². The van der Waals surface area contributed by atoms with E-state index in [1.54, 1.807) is 16.7 Å². The largest absolute Gasteiger partial charge is 0.352 e. The van der Waals surface area contributed by atoms with Gasteiger partial charge in [-0.05, 0) is 24.5 Å². The lowest BCUT2D eigenvalue weighted by Gasteiger charge is -2.24. The van der Waals surface area contributed by atoms with Gasteiger partial charge in [-0.25, -0.2) is 0 Å². The molecule has 0 aromatic heterocycles. The standard InChI is InChI=1S/C16H18N2O2S/c19-14(17-10-5-1-2-6-10)13-9-21-16-12-8-4-3-7-11(12)15(20)18(13)16/h3-4,7-8,10,13,16H,1-2,5-6,9H2,(H,17,19)/t13-,16+/m0/s1. The maximum atomic E-state index is 12.6. The van der Waals surface area contributed by atoms with Crippen molar-refractivity contribution in [1.29, 1.82) is 0 Å². The summed E-state index contributed by atoms with van der Waals surface area (Å²) in [7, 11) is 0. The van der Waals surface area contributed by atoms with E-state index in [9.17, 15) is 9.59 Å². The highest BCUT2D eigenvalue weighted by Gasteiger charge is 2.48. The van der Waals surface area contributed by atoms with Gasteiger partial charge in [-0.2, -0.15) is 0 Å². The van der Waals surface area contributed by atoms with Crippen LogP contribution in [0.2, 0.25) is 0 Å². The van der Waals surface area contributed by atoms with E-state index < -0.39 is 0 Å². The third-order valence-electron chi connectivity index (χ3n) is 4.70. The van der Waals surface area contributed by atoms with Crippen LogP contribution in [0, 0.1) is 0 Å². The number of hydrogen-bond acceptors (Lipinski definition) is 3. The number of benzene rings is 1. The second kappa shape index (κ2) is 5.05. The van der Waals surface area contributed by atoms with E-state index >= 15 is 0 Å². The highest BCUT2D eigenvalue weighted by molar-refractivity contribution is 7.99. The van der Waals surface area contributed by atoms with Crippen molar-refractivity contribution in [2.75, 3.05) is 5.75 Å². The summed E-state index contributed by atoms with van der Waals surface area (Å²) in [6.07, 6.45) is 4.54. The van der Waals surface area contributed by atoms with Crippen LogP contribution in [-0.2, 0) is 4.79 Å². The Hall–Kier alpha value is -1.49. The van der Waals surface area contributed by atoms with Gasteiger partial charge in [0.05, 0.1) is 0 Å². The summed E-state index contributed by atoms with van der Waals surface area (Å²) in [5.74, 6) is 0.730. The molecule has 5 heteroatoms. The van der Waals surface area contributed by atoms with Crippen LogP contribution in [0.1, 0.15) is 47.0 Å². The van der Waals surface area contributed by atoms with Gasteiger partial charge in [-0.1, -0.05) is 31.0 Å². The summed E-state index contributed by atoms with van der Waals surface area (Å²) in [5.41, 5.74) is 1.82. The summed E-state index contributed by atoms with van der Waals surface area (Å²) in [5, 5.41) is 3.16. The summed E-state index contributed by atoms with van der Waals surface area (Å²) in [6, 6.07) is 7.70. The second-order valence-corrected chi connectivity index (χ2v) is 7.10. The van der Waals surface area contributed by atoms with Crippen molar-refractivity contribution in [2.45, 2.75) is 43.1 Å². The average molecular weight is 302 g/mol. The van der Waals surface area contributed by atoms with E-state index in [0.29, 0.717) is 11.8 Å². The van der Waals surface area contributed by atoms with Crippen LogP contribution in [0.5, 0.6) is 0 Å². The monoisotopic (exact) mass is 302 g/mol. The quantitative estimate of drug-likeness (QED) is 0.912. The first-order chi connectivity index (χ1) is 10.3. The summed E-state index contributed by atoms with van der Waals surface area (Å²) >= 11 is 1.70. The molecule has 0 spiro atoms. The molecule has 3 aliphatic rings. The van der Waals surface area contributed by atoms with Gasteiger partial charge >= 0.3 is 0 Å². The smallest absolute Gasteiger partial charge is 0.256 e. The fourth-order valence-electron chi connectivity index (χ4n) is 3.61. The number of carbonyl (C=O) groups is 2. The number of rotatable bonds is 2. The molecule has 110 valence electrons. The van der Waals surface area contributed by atoms with Gasteiger partial charge in [0.15, 0.2) is 0 Å². The molecule has 2 amide bonds. The maximum absolute atomic E-state index is 12.6. The van der Waals surface area contributed by atoms with Crippen LogP contribution in [0.25, 0.3) is 0 Å². The summed E-state index contributed by atoms with van der Waals surface area (Å²) < 4.78 is 0. The lowest BCUT2D eigenvalue weighted by Crippen LogP contribution is -2.48. The number of carbonyl (C=O) groups excluding carboxylic acids is 2. The number of hydrogen-bond donors (Lipinski definition) is 1. The molecule has 1 aromatic rings. The van der Waals surface area contributed by atoms with Gasteiger partial charge in [0.2, 0.25) is 5.91 Å². The van der Waals surface area contributed by atoms with Crippen molar-refractivity contribution in [2.24, 2.45) is 0 Å². The van der Waals surface area contributed by atoms with Crippen molar-refractivity contribution in [3.63, 3.8) is 0 Å². The first-order valence-electron chi connectivity index (χ1n) is 7.59. The minimum atomic E-state index is -0.319. The van der Waals surface area contributed by atoms with E-state index in [-0.39, 0.29) is 23.2 Å². The Kier molecular flexibility index (Phi) is 3.17. The lowest BCUT2D eigenvalue weighted by molar-refractivity contribution is -0.125. The maximum Gasteiger partial charge on any atom is 0.256 e. The topological polar surface area (TPSA) is 49.4 Å². The Bertz CT molecular complexity index is 598. The van der Waals surface area contributed by atoms with E-state index in [1.165, 1.54) is 12.8 Å². The zero-order valence-corrected chi connectivity index (χ0v) is 12.6. The van der Waals surface area contributed by atoms with Crippen LogP contribution < -0.4 is 5.32 Å². The molecule has 4 nitrogen and oxygen atoms in total. The lowest BCUT2D eigenvalue weighted by atomic mass is 10.1. The molecular formula is C16H18N2O2S. The first-order valence-corrected chi connectivity index (χ1v) is 8.64. The Balaban J connectivity index is 1.55. The van der Waals surface area contributed by atoms with E-state index in [0.717, 1.165) is 24.0 Å². The molecule has 2 heterocycles. The molecule has 1 saturated heterocycles. The normalized spacial score (nSPS) is 27.8. The highest BCUT2D eigenvalue weighted by atomic mass is 32.2. The molecule has 1 N–H and O–H groups in total. The Morgan fingerprint density at radius 2 is 2.00 bits per heavy atom. The van der Waals surface area contributed by atoms with Crippen LogP contribution in [0.15, 0.2) is 24.3 Å². The summed E-state index contributed by atoms with van der Waals surface area (Å²) in [4.78, 5) is 26.9. The van der Waals surface area contributed by atoms with E-state index in [1.807, 2.05) is 24.3 Å². The number of nitrogens with zero attached hydrogens (tertiary/aromatic N) is 1. The highest BCUT2D eigenvalue weighted by Crippen LogP contribution is 2.48. The zero-order valence-electron chi connectivity index (χ0n) is 11.7. The zero-order chi connectivity index (χ0) is 14.4. The Labute approximate surface area is 128 Å². The SMILES string of the molecule is O=C(NC1CCCC1)[C@@H]1CS[C@@H]2c3ccccc3C(=O)N21. The predicted molar refractivity (Wildman–Crippen MR) is 82.0 cm³/mol. The molecule has 21 heavy (non-hydrogen) atoms. The molecule has 1 aromatic carbocycles. The minimum absolute atomic E-state index is 0.00664. The molecule has 1 aliphatic carbocycles. The van der Waals surface area contributed by atoms with Gasteiger partial charge < -0.3 is 10.2 Å². The molecular weight excluding hydrogens is 284 g/mol. The second-order valence-electron chi connectivity index (χ2n) is 5.99. The number of nitrogens with one attached hydrogen (secondary N) is 1. The van der Waals surface area contributed by atoms with Crippen LogP contribution in [0.3, 0.4) is 0 Å². The van der Waals surface area contributed by atoms with Crippen LogP contribution in [0.4, 0.5) is 0 Å². The van der Waals surface area contributed by atoms with E-state index in [2.05, 4.69) is 5.32 Å². The number of amides is 2. The van der Waals surface area contributed by atoms with Crippen molar-refractivity contribution < 1.29 is 9.59 Å². The molecule has 1 saturated carbocycles. The van der Waals surface area contributed by atoms with Crippen molar-refractivity contribution in [1.82, 2.24) is 10.2 Å². The Morgan fingerprint density at radius 1 is 1.24 bits per heavy atom. The predicted octanol–water partition coefficient (Wildman–Crippen LogP) is 2.32. The third-order valence-corrected chi connectivity index (χ3v) is 6.00. The number of fused-ring (bicyclic) bond motifs is 3. The summed E-state index contributed by atoms with van der Waals surface area (Å²) in [6.45, 7) is 0. The van der Waals surface area contributed by atoms with Crippen LogP contribution >= 0.6 is 11.8 Å². The molecule has 2 fully saturated rings. The number of thioether (sulfide) groups is 1. The molecule has 0 radical (unpaired) electrons. The van der Waals surface area contributed by atoms with Gasteiger partial charge in [0, 0.05) is 17.4 Å². The van der Waals surface area contributed by atoms with Crippen molar-refractivity contribution >= 4 is 23.6 Å². The van der Waals surface area contributed by atoms with Crippen molar-refractivity contribution in [3.05, 3.63) is 35.4 Å². The van der Waals surface area contributed by atoms with Crippen molar-refractivity contribution in [3.8, 4) is 0 Å². The van der Waals surface area contributed by atoms with E-state index in [4.69, 9.17) is 0 Å². The van der Waals surface area contributed by atoms with Gasteiger partial charge in [0.25, 0.3) is 5.91 Å². The molecule has 2 atom stereocenters. The Morgan fingerprint density at radius 3 is 2.81 bits per heavy atom. The van der Waals surface area contributed by atoms with Gasteiger partial charge in [-0.3, -0.25) is 9.59 Å².